The predicted octanol–water partition coefficient (Wildman–Crippen LogP) is 3.83. The van der Waals surface area contributed by atoms with Gasteiger partial charge in [0.05, 0.1) is 41.0 Å². The molecule has 0 saturated carbocycles. The lowest BCUT2D eigenvalue weighted by atomic mass is 10.1. The first-order valence-corrected chi connectivity index (χ1v) is 8.88. The molecule has 1 atom stereocenters. The minimum atomic E-state index is -4.45. The van der Waals surface area contributed by atoms with E-state index in [4.69, 9.17) is 4.42 Å². The molecule has 2 aromatic heterocycles. The van der Waals surface area contributed by atoms with E-state index in [2.05, 4.69) is 10.4 Å². The van der Waals surface area contributed by atoms with Crippen LogP contribution in [0, 0.1) is 6.92 Å². The van der Waals surface area contributed by atoms with Crippen LogP contribution in [0.4, 0.5) is 13.2 Å². The third-order valence-corrected chi connectivity index (χ3v) is 4.62. The highest BCUT2D eigenvalue weighted by Crippen LogP contribution is 2.30. The number of benzene rings is 1. The summed E-state index contributed by atoms with van der Waals surface area (Å²) in [5.41, 5.74) is 0.196. The van der Waals surface area contributed by atoms with Crippen molar-refractivity contribution in [3.8, 4) is 5.69 Å². The first kappa shape index (κ1) is 20.7. The van der Waals surface area contributed by atoms with Gasteiger partial charge in [0.25, 0.3) is 5.91 Å². The van der Waals surface area contributed by atoms with Gasteiger partial charge < -0.3 is 9.73 Å². The summed E-state index contributed by atoms with van der Waals surface area (Å²) in [5, 5.41) is 6.94. The van der Waals surface area contributed by atoms with Crippen molar-refractivity contribution in [1.82, 2.24) is 20.0 Å². The van der Waals surface area contributed by atoms with Crippen LogP contribution < -0.4 is 5.32 Å². The van der Waals surface area contributed by atoms with Crippen molar-refractivity contribution < 1.29 is 22.4 Å². The lowest BCUT2D eigenvalue weighted by molar-refractivity contribution is -0.137. The Bertz CT molecular complexity index is 978. The van der Waals surface area contributed by atoms with Crippen LogP contribution in [-0.2, 0) is 6.18 Å². The van der Waals surface area contributed by atoms with Crippen molar-refractivity contribution >= 4 is 5.91 Å². The number of likely N-dealkylation sites (N-methyl/N-ethyl adjacent to an activating group) is 1. The molecule has 1 N–H and O–H groups in total. The molecule has 29 heavy (non-hydrogen) atoms. The number of hydrogen-bond donors (Lipinski definition) is 1. The Morgan fingerprint density at radius 1 is 1.28 bits per heavy atom. The Hall–Kier alpha value is -3.07. The quantitative estimate of drug-likeness (QED) is 0.676. The highest BCUT2D eigenvalue weighted by atomic mass is 19.4. The van der Waals surface area contributed by atoms with Gasteiger partial charge in [0.1, 0.15) is 5.76 Å². The summed E-state index contributed by atoms with van der Waals surface area (Å²) >= 11 is 0. The van der Waals surface area contributed by atoms with Gasteiger partial charge in [0.15, 0.2) is 0 Å². The molecule has 0 spiro atoms. The average molecular weight is 406 g/mol. The van der Waals surface area contributed by atoms with Crippen LogP contribution in [0.3, 0.4) is 0 Å². The number of alkyl halides is 3. The summed E-state index contributed by atoms with van der Waals surface area (Å²) in [6.45, 7) is 1.94. The minimum Gasteiger partial charge on any atom is -0.468 e. The zero-order valence-electron chi connectivity index (χ0n) is 16.2. The predicted molar refractivity (Wildman–Crippen MR) is 101 cm³/mol. The van der Waals surface area contributed by atoms with Gasteiger partial charge in [-0.2, -0.15) is 18.3 Å². The van der Waals surface area contributed by atoms with Crippen molar-refractivity contribution in [2.24, 2.45) is 0 Å². The summed E-state index contributed by atoms with van der Waals surface area (Å²) in [4.78, 5) is 14.6. The summed E-state index contributed by atoms with van der Waals surface area (Å²) in [6.07, 6.45) is -1.54. The number of amides is 1. The molecular weight excluding hydrogens is 385 g/mol. The van der Waals surface area contributed by atoms with Crippen molar-refractivity contribution in [2.45, 2.75) is 19.1 Å². The molecule has 154 valence electrons. The molecule has 9 heteroatoms. The second-order valence-corrected chi connectivity index (χ2v) is 6.81. The second-order valence-electron chi connectivity index (χ2n) is 6.81. The smallest absolute Gasteiger partial charge is 0.416 e. The fourth-order valence-electron chi connectivity index (χ4n) is 3.01. The topological polar surface area (TPSA) is 63.3 Å². The Morgan fingerprint density at radius 2 is 2.03 bits per heavy atom. The summed E-state index contributed by atoms with van der Waals surface area (Å²) in [7, 11) is 3.74. The van der Waals surface area contributed by atoms with Crippen LogP contribution in [0.15, 0.2) is 53.3 Å². The Labute approximate surface area is 165 Å². The summed E-state index contributed by atoms with van der Waals surface area (Å²) in [6, 6.07) is 8.25. The lowest BCUT2D eigenvalue weighted by Gasteiger charge is -2.22. The summed E-state index contributed by atoms with van der Waals surface area (Å²) in [5.74, 6) is 0.353. The second kappa shape index (κ2) is 8.12. The molecule has 2 heterocycles. The van der Waals surface area contributed by atoms with E-state index in [0.717, 1.165) is 12.1 Å². The largest absolute Gasteiger partial charge is 0.468 e. The van der Waals surface area contributed by atoms with Crippen LogP contribution in [0.5, 0.6) is 0 Å². The van der Waals surface area contributed by atoms with Crippen LogP contribution in [-0.4, -0.2) is 41.2 Å². The standard InChI is InChI=1S/C20H21F3N4O2/c1-13-16(19(28)24-12-17(26(2)3)18-8-5-9-29-18)11-25-27(13)15-7-4-6-14(10-15)20(21,22)23/h4-11,17H,12H2,1-3H3,(H,24,28). The van der Waals surface area contributed by atoms with Gasteiger partial charge in [0, 0.05) is 6.54 Å². The molecule has 3 aromatic rings. The van der Waals surface area contributed by atoms with Gasteiger partial charge in [-0.1, -0.05) is 6.07 Å². The zero-order chi connectivity index (χ0) is 21.2. The Kier molecular flexibility index (Phi) is 5.78. The number of carbonyl (C=O) groups excluding carboxylic acids is 1. The van der Waals surface area contributed by atoms with E-state index >= 15 is 0 Å². The molecule has 3 rings (SSSR count). The van der Waals surface area contributed by atoms with E-state index in [0.29, 0.717) is 23.6 Å². The molecule has 1 aromatic carbocycles. The van der Waals surface area contributed by atoms with E-state index in [9.17, 15) is 18.0 Å². The van der Waals surface area contributed by atoms with Gasteiger partial charge in [0.2, 0.25) is 0 Å². The molecule has 0 radical (unpaired) electrons. The van der Waals surface area contributed by atoms with E-state index in [1.807, 2.05) is 25.1 Å². The number of hydrogen-bond acceptors (Lipinski definition) is 4. The van der Waals surface area contributed by atoms with Gasteiger partial charge >= 0.3 is 6.18 Å². The third-order valence-electron chi connectivity index (χ3n) is 4.62. The monoisotopic (exact) mass is 406 g/mol. The fourth-order valence-corrected chi connectivity index (χ4v) is 3.01. The fraction of sp³-hybridized carbons (Fsp3) is 0.300. The molecule has 1 unspecified atom stereocenters. The highest BCUT2D eigenvalue weighted by molar-refractivity contribution is 5.95. The maximum absolute atomic E-state index is 13.0. The normalized spacial score (nSPS) is 12.9. The maximum atomic E-state index is 13.0. The molecular formula is C20H21F3N4O2. The van der Waals surface area contributed by atoms with Crippen LogP contribution >= 0.6 is 0 Å². The Balaban J connectivity index is 1.78. The molecule has 0 aliphatic carbocycles. The first-order valence-electron chi connectivity index (χ1n) is 8.88. The minimum absolute atomic E-state index is 0.159. The average Bonchev–Trinajstić information content (AvgIpc) is 3.31. The lowest BCUT2D eigenvalue weighted by Crippen LogP contribution is -2.34. The van der Waals surface area contributed by atoms with E-state index in [1.54, 1.807) is 19.3 Å². The molecule has 0 aliphatic heterocycles. The van der Waals surface area contributed by atoms with Gasteiger partial charge in [-0.15, -0.1) is 0 Å². The number of furan rings is 1. The number of rotatable bonds is 6. The first-order chi connectivity index (χ1) is 13.7. The molecule has 0 bridgehead atoms. The van der Waals surface area contributed by atoms with Crippen LogP contribution in [0.2, 0.25) is 0 Å². The SMILES string of the molecule is Cc1c(C(=O)NCC(c2ccco2)N(C)C)cnn1-c1cccc(C(F)(F)F)c1. The maximum Gasteiger partial charge on any atom is 0.416 e. The highest BCUT2D eigenvalue weighted by Gasteiger charge is 2.31. The van der Waals surface area contributed by atoms with Gasteiger partial charge in [-0.05, 0) is 51.4 Å². The van der Waals surface area contributed by atoms with Crippen molar-refractivity contribution in [2.75, 3.05) is 20.6 Å². The van der Waals surface area contributed by atoms with Crippen molar-refractivity contribution in [1.29, 1.82) is 0 Å². The number of carbonyl (C=O) groups is 1. The summed E-state index contributed by atoms with van der Waals surface area (Å²) < 4.78 is 45.6. The third kappa shape index (κ3) is 4.51. The molecule has 0 fully saturated rings. The van der Waals surface area contributed by atoms with Crippen molar-refractivity contribution in [3.63, 3.8) is 0 Å². The number of halogens is 3. The van der Waals surface area contributed by atoms with E-state index in [1.165, 1.54) is 23.0 Å². The van der Waals surface area contributed by atoms with Crippen LogP contribution in [0.1, 0.15) is 33.4 Å². The van der Waals surface area contributed by atoms with Crippen molar-refractivity contribution in [3.05, 3.63) is 71.4 Å². The molecule has 0 saturated heterocycles. The van der Waals surface area contributed by atoms with E-state index < -0.39 is 11.7 Å². The van der Waals surface area contributed by atoms with Gasteiger partial charge in [-0.25, -0.2) is 4.68 Å². The van der Waals surface area contributed by atoms with E-state index in [-0.39, 0.29) is 17.6 Å². The zero-order valence-corrected chi connectivity index (χ0v) is 16.2. The molecule has 6 nitrogen and oxygen atoms in total. The molecule has 0 aliphatic rings. The number of nitrogens with zero attached hydrogens (tertiary/aromatic N) is 3. The Morgan fingerprint density at radius 3 is 2.66 bits per heavy atom. The number of aromatic nitrogens is 2. The molecule has 1 amide bonds. The van der Waals surface area contributed by atoms with Gasteiger partial charge in [-0.3, -0.25) is 9.69 Å². The number of nitrogens with one attached hydrogen (secondary N) is 1. The van der Waals surface area contributed by atoms with Crippen LogP contribution in [0.25, 0.3) is 5.69 Å².